The standard InChI is InChI=1S/C24H43NO/c1-4-5-6-7-8-9-10-11-12-13-14-15-16-17-18-19-20-21-24(26)25-22-23(2)3/h7-8,18-21,23H,4-6,9-17,22H2,1-3H3,(H,25,26)/b8-7-,19-18+,21-20+. The molecule has 0 aliphatic carbocycles. The molecule has 2 nitrogen and oxygen atoms in total. The Bertz CT molecular complexity index is 393. The number of carbonyl (C=O) groups excluding carboxylic acids is 1. The van der Waals surface area contributed by atoms with E-state index in [0.717, 1.165) is 13.0 Å². The quantitative estimate of drug-likeness (QED) is 0.127. The van der Waals surface area contributed by atoms with Crippen LogP contribution in [-0.2, 0) is 4.79 Å². The van der Waals surface area contributed by atoms with Crippen LogP contribution in [0.2, 0.25) is 0 Å². The Morgan fingerprint density at radius 3 is 1.88 bits per heavy atom. The van der Waals surface area contributed by atoms with E-state index in [4.69, 9.17) is 0 Å². The van der Waals surface area contributed by atoms with Crippen LogP contribution in [0, 0.1) is 5.92 Å². The van der Waals surface area contributed by atoms with Crippen molar-refractivity contribution < 1.29 is 4.79 Å². The molecule has 0 spiro atoms. The van der Waals surface area contributed by atoms with E-state index >= 15 is 0 Å². The SMILES string of the molecule is CCCC/C=C\CCCCCCCCC/C=C/C=C/C(=O)NCC(C)C. The van der Waals surface area contributed by atoms with Gasteiger partial charge in [-0.3, -0.25) is 4.79 Å². The first-order valence-electron chi connectivity index (χ1n) is 10.9. The molecule has 150 valence electrons. The lowest BCUT2D eigenvalue weighted by atomic mass is 10.1. The topological polar surface area (TPSA) is 29.1 Å². The first kappa shape index (κ1) is 24.7. The molecule has 0 heterocycles. The third kappa shape index (κ3) is 20.7. The fourth-order valence-corrected chi connectivity index (χ4v) is 2.65. The van der Waals surface area contributed by atoms with Gasteiger partial charge in [0.2, 0.25) is 5.91 Å². The largest absolute Gasteiger partial charge is 0.352 e. The van der Waals surface area contributed by atoms with E-state index in [1.807, 2.05) is 12.2 Å². The lowest BCUT2D eigenvalue weighted by molar-refractivity contribution is -0.116. The first-order chi connectivity index (χ1) is 12.7. The average molecular weight is 362 g/mol. The monoisotopic (exact) mass is 361 g/mol. The number of hydrogen-bond donors (Lipinski definition) is 1. The lowest BCUT2D eigenvalue weighted by Gasteiger charge is -2.03. The van der Waals surface area contributed by atoms with Gasteiger partial charge in [-0.25, -0.2) is 0 Å². The maximum absolute atomic E-state index is 11.5. The summed E-state index contributed by atoms with van der Waals surface area (Å²) in [5.74, 6) is 0.495. The molecule has 0 radical (unpaired) electrons. The maximum atomic E-state index is 11.5. The molecule has 26 heavy (non-hydrogen) atoms. The molecule has 0 aromatic carbocycles. The van der Waals surface area contributed by atoms with Gasteiger partial charge in [-0.15, -0.1) is 0 Å². The van der Waals surface area contributed by atoms with E-state index in [9.17, 15) is 4.79 Å². The third-order valence-electron chi connectivity index (χ3n) is 4.31. The number of allylic oxidation sites excluding steroid dienone is 5. The van der Waals surface area contributed by atoms with Gasteiger partial charge in [-0.05, 0) is 38.0 Å². The number of nitrogens with one attached hydrogen (secondary N) is 1. The molecule has 0 aromatic heterocycles. The summed E-state index contributed by atoms with van der Waals surface area (Å²) in [7, 11) is 0. The van der Waals surface area contributed by atoms with Gasteiger partial charge in [0.1, 0.15) is 0 Å². The van der Waals surface area contributed by atoms with Gasteiger partial charge < -0.3 is 5.32 Å². The summed E-state index contributed by atoms with van der Waals surface area (Å²) in [5.41, 5.74) is 0. The first-order valence-corrected chi connectivity index (χ1v) is 10.9. The van der Waals surface area contributed by atoms with Crippen molar-refractivity contribution in [1.82, 2.24) is 5.32 Å². The minimum Gasteiger partial charge on any atom is -0.352 e. The fourth-order valence-electron chi connectivity index (χ4n) is 2.65. The molecule has 0 aliphatic rings. The normalized spacial score (nSPS) is 12.2. The van der Waals surface area contributed by atoms with Gasteiger partial charge in [-0.1, -0.05) is 96.1 Å². The average Bonchev–Trinajstić information content (AvgIpc) is 2.62. The number of unbranched alkanes of at least 4 members (excludes halogenated alkanes) is 10. The van der Waals surface area contributed by atoms with E-state index < -0.39 is 0 Å². The fraction of sp³-hybridized carbons (Fsp3) is 0.708. The summed E-state index contributed by atoms with van der Waals surface area (Å²) in [5, 5.41) is 2.87. The van der Waals surface area contributed by atoms with Crippen molar-refractivity contribution in [2.75, 3.05) is 6.54 Å². The van der Waals surface area contributed by atoms with Crippen LogP contribution in [0.1, 0.15) is 97.8 Å². The minimum absolute atomic E-state index is 0.000185. The van der Waals surface area contributed by atoms with E-state index in [1.165, 1.54) is 70.6 Å². The summed E-state index contributed by atoms with van der Waals surface area (Å²) < 4.78 is 0. The third-order valence-corrected chi connectivity index (χ3v) is 4.31. The van der Waals surface area contributed by atoms with E-state index in [0.29, 0.717) is 5.92 Å². The molecule has 0 aliphatic heterocycles. The molecule has 0 fully saturated rings. The van der Waals surface area contributed by atoms with E-state index in [-0.39, 0.29) is 5.91 Å². The Balaban J connectivity index is 3.32. The van der Waals surface area contributed by atoms with E-state index in [1.54, 1.807) is 6.08 Å². The molecule has 1 amide bonds. The van der Waals surface area contributed by atoms with Crippen molar-refractivity contribution >= 4 is 5.91 Å². The second-order valence-electron chi connectivity index (χ2n) is 7.59. The van der Waals surface area contributed by atoms with Crippen LogP contribution in [0.15, 0.2) is 36.5 Å². The van der Waals surface area contributed by atoms with Crippen molar-refractivity contribution in [2.24, 2.45) is 5.92 Å². The highest BCUT2D eigenvalue weighted by molar-refractivity contribution is 5.87. The van der Waals surface area contributed by atoms with Crippen LogP contribution in [0.5, 0.6) is 0 Å². The number of carbonyl (C=O) groups is 1. The van der Waals surface area contributed by atoms with Crippen molar-refractivity contribution in [1.29, 1.82) is 0 Å². The van der Waals surface area contributed by atoms with Crippen LogP contribution in [-0.4, -0.2) is 12.5 Å². The molecular weight excluding hydrogens is 318 g/mol. The molecule has 0 bridgehead atoms. The van der Waals surface area contributed by atoms with E-state index in [2.05, 4.69) is 44.3 Å². The summed E-state index contributed by atoms with van der Waals surface area (Å²) in [6, 6.07) is 0. The Hall–Kier alpha value is -1.31. The minimum atomic E-state index is -0.000185. The van der Waals surface area contributed by atoms with Gasteiger partial charge in [0.25, 0.3) is 0 Å². The zero-order valence-corrected chi connectivity index (χ0v) is 17.6. The van der Waals surface area contributed by atoms with Crippen molar-refractivity contribution in [3.05, 3.63) is 36.5 Å². The number of hydrogen-bond acceptors (Lipinski definition) is 1. The van der Waals surface area contributed by atoms with Crippen LogP contribution < -0.4 is 5.32 Å². The molecule has 0 saturated carbocycles. The molecule has 0 aromatic rings. The van der Waals surface area contributed by atoms with Crippen molar-refractivity contribution in [3.8, 4) is 0 Å². The highest BCUT2D eigenvalue weighted by atomic mass is 16.1. The number of amides is 1. The zero-order valence-electron chi connectivity index (χ0n) is 17.6. The molecular formula is C24H43NO. The molecule has 1 N–H and O–H groups in total. The highest BCUT2D eigenvalue weighted by Crippen LogP contribution is 2.10. The van der Waals surface area contributed by atoms with Crippen LogP contribution >= 0.6 is 0 Å². The van der Waals surface area contributed by atoms with Crippen LogP contribution in [0.3, 0.4) is 0 Å². The Morgan fingerprint density at radius 1 is 0.769 bits per heavy atom. The lowest BCUT2D eigenvalue weighted by Crippen LogP contribution is -2.25. The summed E-state index contributed by atoms with van der Waals surface area (Å²) in [6.07, 6.45) is 28.0. The van der Waals surface area contributed by atoms with Gasteiger partial charge in [0.15, 0.2) is 0 Å². The highest BCUT2D eigenvalue weighted by Gasteiger charge is 1.96. The Labute approximate surface area is 163 Å². The second kappa shape index (κ2) is 20.0. The smallest absolute Gasteiger partial charge is 0.243 e. The Kier molecular flexibility index (Phi) is 19.0. The predicted octanol–water partition coefficient (Wildman–Crippen LogP) is 7.13. The second-order valence-corrected chi connectivity index (χ2v) is 7.59. The molecule has 0 saturated heterocycles. The van der Waals surface area contributed by atoms with Crippen LogP contribution in [0.25, 0.3) is 0 Å². The van der Waals surface area contributed by atoms with Crippen molar-refractivity contribution in [3.63, 3.8) is 0 Å². The summed E-state index contributed by atoms with van der Waals surface area (Å²) >= 11 is 0. The van der Waals surface area contributed by atoms with Gasteiger partial charge >= 0.3 is 0 Å². The van der Waals surface area contributed by atoms with Gasteiger partial charge in [0, 0.05) is 12.6 Å². The van der Waals surface area contributed by atoms with Gasteiger partial charge in [0.05, 0.1) is 0 Å². The predicted molar refractivity (Wildman–Crippen MR) is 116 cm³/mol. The molecule has 0 unspecified atom stereocenters. The van der Waals surface area contributed by atoms with Gasteiger partial charge in [-0.2, -0.15) is 0 Å². The summed E-state index contributed by atoms with van der Waals surface area (Å²) in [6.45, 7) is 7.17. The molecule has 0 rings (SSSR count). The number of rotatable bonds is 17. The Morgan fingerprint density at radius 2 is 1.31 bits per heavy atom. The molecule has 0 atom stereocenters. The molecule has 2 heteroatoms. The maximum Gasteiger partial charge on any atom is 0.243 e. The van der Waals surface area contributed by atoms with Crippen LogP contribution in [0.4, 0.5) is 0 Å². The van der Waals surface area contributed by atoms with Crippen molar-refractivity contribution in [2.45, 2.75) is 97.8 Å². The summed E-state index contributed by atoms with van der Waals surface area (Å²) in [4.78, 5) is 11.5. The zero-order chi connectivity index (χ0) is 19.3.